The number of fused-ring (bicyclic) bond motifs is 1. The number of benzene rings is 1. The van der Waals surface area contributed by atoms with E-state index in [9.17, 15) is 0 Å². The molecule has 4 heteroatoms. The van der Waals surface area contributed by atoms with Gasteiger partial charge in [0.25, 0.3) is 0 Å². The van der Waals surface area contributed by atoms with Crippen molar-refractivity contribution >= 4 is 0 Å². The van der Waals surface area contributed by atoms with Crippen LogP contribution in [-0.4, -0.2) is 44.1 Å². The normalized spacial score (nSPS) is 16.9. The van der Waals surface area contributed by atoms with Gasteiger partial charge in [0.1, 0.15) is 0 Å². The molecule has 4 nitrogen and oxygen atoms in total. The van der Waals surface area contributed by atoms with Gasteiger partial charge in [0.15, 0.2) is 6.29 Å². The van der Waals surface area contributed by atoms with Crippen LogP contribution in [0.15, 0.2) is 18.2 Å². The Bertz CT molecular complexity index is 522. The highest BCUT2D eigenvalue weighted by molar-refractivity contribution is 5.39. The molecule has 0 saturated heterocycles. The SMILES string of the molecule is CCCN(CCC)C1CCCc2c(COCC(OCC)OCC)cccc21. The van der Waals surface area contributed by atoms with E-state index in [0.29, 0.717) is 32.5 Å². The van der Waals surface area contributed by atoms with Crippen LogP contribution >= 0.6 is 0 Å². The lowest BCUT2D eigenvalue weighted by atomic mass is 9.84. The summed E-state index contributed by atoms with van der Waals surface area (Å²) in [5, 5.41) is 0. The van der Waals surface area contributed by atoms with Gasteiger partial charge in [-0.2, -0.15) is 0 Å². The van der Waals surface area contributed by atoms with Gasteiger partial charge in [0, 0.05) is 19.3 Å². The summed E-state index contributed by atoms with van der Waals surface area (Å²) in [5.41, 5.74) is 4.36. The summed E-state index contributed by atoms with van der Waals surface area (Å²) in [4.78, 5) is 2.68. The van der Waals surface area contributed by atoms with Gasteiger partial charge in [-0.3, -0.25) is 4.90 Å². The van der Waals surface area contributed by atoms with Crippen LogP contribution in [0.3, 0.4) is 0 Å². The van der Waals surface area contributed by atoms with Gasteiger partial charge in [0.05, 0.1) is 13.2 Å². The summed E-state index contributed by atoms with van der Waals surface area (Å²) in [7, 11) is 0. The van der Waals surface area contributed by atoms with Crippen molar-refractivity contribution in [2.75, 3.05) is 32.9 Å². The predicted octanol–water partition coefficient (Wildman–Crippen LogP) is 5.10. The number of hydrogen-bond acceptors (Lipinski definition) is 4. The van der Waals surface area contributed by atoms with E-state index in [1.807, 2.05) is 13.8 Å². The molecule has 1 aliphatic rings. The molecule has 0 bridgehead atoms. The van der Waals surface area contributed by atoms with Gasteiger partial charge in [0.2, 0.25) is 0 Å². The third kappa shape index (κ3) is 6.56. The fourth-order valence-corrected chi connectivity index (χ4v) is 4.19. The summed E-state index contributed by atoms with van der Waals surface area (Å²) in [5.74, 6) is 0. The quantitative estimate of drug-likeness (QED) is 0.447. The maximum Gasteiger partial charge on any atom is 0.180 e. The van der Waals surface area contributed by atoms with Crippen molar-refractivity contribution in [1.29, 1.82) is 0 Å². The molecule has 1 aliphatic carbocycles. The Morgan fingerprint density at radius 3 is 2.37 bits per heavy atom. The highest BCUT2D eigenvalue weighted by Gasteiger charge is 2.26. The molecule has 2 rings (SSSR count). The second kappa shape index (κ2) is 12.5. The van der Waals surface area contributed by atoms with Crippen LogP contribution in [0.4, 0.5) is 0 Å². The van der Waals surface area contributed by atoms with Crippen molar-refractivity contribution < 1.29 is 14.2 Å². The van der Waals surface area contributed by atoms with Gasteiger partial charge in [-0.25, -0.2) is 0 Å². The lowest BCUT2D eigenvalue weighted by molar-refractivity contribution is -0.169. The third-order valence-electron chi connectivity index (χ3n) is 5.25. The summed E-state index contributed by atoms with van der Waals surface area (Å²) >= 11 is 0. The van der Waals surface area contributed by atoms with E-state index in [1.54, 1.807) is 0 Å². The largest absolute Gasteiger partial charge is 0.371 e. The van der Waals surface area contributed by atoms with Gasteiger partial charge >= 0.3 is 0 Å². The molecule has 0 saturated carbocycles. The fraction of sp³-hybridized carbons (Fsp3) is 0.739. The van der Waals surface area contributed by atoms with E-state index in [1.165, 1.54) is 55.5 Å². The standard InChI is InChI=1S/C23H39NO3/c1-5-15-24(16-6-2)22-14-10-12-20-19(11-9-13-21(20)22)17-25-18-23(26-7-3)27-8-4/h9,11,13,22-23H,5-8,10,12,14-18H2,1-4H3. The van der Waals surface area contributed by atoms with Crippen molar-refractivity contribution in [3.63, 3.8) is 0 Å². The van der Waals surface area contributed by atoms with E-state index in [-0.39, 0.29) is 6.29 Å². The summed E-state index contributed by atoms with van der Waals surface area (Å²) in [6, 6.07) is 7.33. The van der Waals surface area contributed by atoms with Gasteiger partial charge in [-0.15, -0.1) is 0 Å². The molecule has 0 aromatic heterocycles. The van der Waals surface area contributed by atoms with Gasteiger partial charge in [-0.05, 0) is 75.7 Å². The second-order valence-corrected chi connectivity index (χ2v) is 7.28. The maximum atomic E-state index is 5.98. The molecule has 0 N–H and O–H groups in total. The van der Waals surface area contributed by atoms with Crippen molar-refractivity contribution in [3.05, 3.63) is 34.9 Å². The highest BCUT2D eigenvalue weighted by Crippen LogP contribution is 2.36. The molecule has 27 heavy (non-hydrogen) atoms. The lowest BCUT2D eigenvalue weighted by Crippen LogP contribution is -2.33. The molecule has 1 unspecified atom stereocenters. The minimum atomic E-state index is -0.267. The number of ether oxygens (including phenoxy) is 3. The molecule has 0 fully saturated rings. The summed E-state index contributed by atoms with van der Waals surface area (Å²) in [6.07, 6.45) is 5.86. The van der Waals surface area contributed by atoms with Crippen LogP contribution in [0.1, 0.15) is 76.1 Å². The highest BCUT2D eigenvalue weighted by atomic mass is 16.7. The molecule has 0 heterocycles. The van der Waals surface area contributed by atoms with E-state index in [2.05, 4.69) is 36.9 Å². The predicted molar refractivity (Wildman–Crippen MR) is 111 cm³/mol. The lowest BCUT2D eigenvalue weighted by Gasteiger charge is -2.36. The van der Waals surface area contributed by atoms with Crippen LogP contribution in [0, 0.1) is 0 Å². The first kappa shape index (κ1) is 22.4. The number of nitrogens with zero attached hydrogens (tertiary/aromatic N) is 1. The van der Waals surface area contributed by atoms with E-state index in [4.69, 9.17) is 14.2 Å². The molecular formula is C23H39NO3. The second-order valence-electron chi connectivity index (χ2n) is 7.28. The Labute approximate surface area is 166 Å². The van der Waals surface area contributed by atoms with Crippen LogP contribution in [0.5, 0.6) is 0 Å². The van der Waals surface area contributed by atoms with Crippen molar-refractivity contribution in [2.24, 2.45) is 0 Å². The van der Waals surface area contributed by atoms with Crippen molar-refractivity contribution in [3.8, 4) is 0 Å². The van der Waals surface area contributed by atoms with Crippen molar-refractivity contribution in [1.82, 2.24) is 4.90 Å². The van der Waals surface area contributed by atoms with Crippen LogP contribution in [0.2, 0.25) is 0 Å². The Morgan fingerprint density at radius 1 is 1.04 bits per heavy atom. The minimum Gasteiger partial charge on any atom is -0.371 e. The Kier molecular flexibility index (Phi) is 10.4. The molecule has 0 amide bonds. The van der Waals surface area contributed by atoms with Crippen LogP contribution in [0.25, 0.3) is 0 Å². The number of hydrogen-bond donors (Lipinski definition) is 0. The van der Waals surface area contributed by atoms with E-state index < -0.39 is 0 Å². The first-order valence-electron chi connectivity index (χ1n) is 10.9. The number of rotatable bonds is 13. The molecule has 0 radical (unpaired) electrons. The first-order chi connectivity index (χ1) is 13.2. The monoisotopic (exact) mass is 377 g/mol. The molecule has 1 aromatic rings. The van der Waals surface area contributed by atoms with Crippen LogP contribution < -0.4 is 0 Å². The third-order valence-corrected chi connectivity index (χ3v) is 5.25. The zero-order chi connectivity index (χ0) is 19.5. The Morgan fingerprint density at radius 2 is 1.74 bits per heavy atom. The molecule has 1 atom stereocenters. The average molecular weight is 378 g/mol. The van der Waals surface area contributed by atoms with E-state index >= 15 is 0 Å². The smallest absolute Gasteiger partial charge is 0.180 e. The minimum absolute atomic E-state index is 0.267. The molecule has 0 spiro atoms. The topological polar surface area (TPSA) is 30.9 Å². The van der Waals surface area contributed by atoms with Crippen LogP contribution in [-0.2, 0) is 27.2 Å². The Balaban J connectivity index is 2.06. The summed E-state index contributed by atoms with van der Waals surface area (Å²) in [6.45, 7) is 13.3. The van der Waals surface area contributed by atoms with Gasteiger partial charge in [-0.1, -0.05) is 32.0 Å². The molecular weight excluding hydrogens is 338 g/mol. The fourth-order valence-electron chi connectivity index (χ4n) is 4.19. The molecule has 154 valence electrons. The van der Waals surface area contributed by atoms with E-state index in [0.717, 1.165) is 6.42 Å². The first-order valence-corrected chi connectivity index (χ1v) is 10.9. The summed E-state index contributed by atoms with van der Waals surface area (Å²) < 4.78 is 17.1. The van der Waals surface area contributed by atoms with Crippen molar-refractivity contribution in [2.45, 2.75) is 78.7 Å². The van der Waals surface area contributed by atoms with Gasteiger partial charge < -0.3 is 14.2 Å². The molecule has 1 aromatic carbocycles. The average Bonchev–Trinajstić information content (AvgIpc) is 2.68. The Hall–Kier alpha value is -0.940. The zero-order valence-electron chi connectivity index (χ0n) is 17.8. The molecule has 0 aliphatic heterocycles. The maximum absolute atomic E-state index is 5.98. The zero-order valence-corrected chi connectivity index (χ0v) is 17.8.